The molecule has 0 radical (unpaired) electrons. The Morgan fingerprint density at radius 1 is 1.32 bits per heavy atom. The number of ether oxygens (including phenoxy) is 1. The van der Waals surface area contributed by atoms with Gasteiger partial charge in [0.05, 0.1) is 18.8 Å². The largest absolute Gasteiger partial charge is 0.373 e. The molecular formula is C19H25ClN4O. The summed E-state index contributed by atoms with van der Waals surface area (Å²) in [6.45, 7) is 7.57. The van der Waals surface area contributed by atoms with E-state index in [9.17, 15) is 0 Å². The Bertz CT molecular complexity index is 662. The van der Waals surface area contributed by atoms with Crippen LogP contribution in [0.15, 0.2) is 36.4 Å². The number of nitrogens with one attached hydrogen (secondary N) is 1. The number of aromatic nitrogens is 2. The van der Waals surface area contributed by atoms with Gasteiger partial charge >= 0.3 is 0 Å². The topological polar surface area (TPSA) is 50.3 Å². The molecular weight excluding hydrogens is 336 g/mol. The van der Waals surface area contributed by atoms with Gasteiger partial charge in [-0.2, -0.15) is 0 Å². The first-order valence-corrected chi connectivity index (χ1v) is 9.17. The van der Waals surface area contributed by atoms with Crippen LogP contribution in [0.25, 0.3) is 0 Å². The Morgan fingerprint density at radius 2 is 2.12 bits per heavy atom. The lowest BCUT2D eigenvalue weighted by atomic mass is 10.1. The molecule has 2 aromatic rings. The summed E-state index contributed by atoms with van der Waals surface area (Å²) in [4.78, 5) is 11.0. The van der Waals surface area contributed by atoms with Crippen molar-refractivity contribution in [3.8, 4) is 0 Å². The van der Waals surface area contributed by atoms with Crippen LogP contribution in [0.1, 0.15) is 24.7 Å². The Balaban J connectivity index is 1.63. The summed E-state index contributed by atoms with van der Waals surface area (Å²) in [5, 5.41) is 3.94. The number of benzene rings is 1. The van der Waals surface area contributed by atoms with Crippen molar-refractivity contribution in [2.45, 2.75) is 39.0 Å². The molecule has 0 aliphatic carbocycles. The minimum absolute atomic E-state index is 0.122. The molecule has 1 fully saturated rings. The van der Waals surface area contributed by atoms with E-state index in [2.05, 4.69) is 57.4 Å². The van der Waals surface area contributed by atoms with E-state index in [1.807, 2.05) is 6.92 Å². The molecule has 134 valence electrons. The molecule has 1 aliphatic rings. The van der Waals surface area contributed by atoms with Gasteiger partial charge in [-0.1, -0.05) is 48.9 Å². The third-order valence-corrected chi connectivity index (χ3v) is 4.65. The van der Waals surface area contributed by atoms with Crippen molar-refractivity contribution in [2.24, 2.45) is 0 Å². The first-order valence-electron chi connectivity index (χ1n) is 8.79. The second-order valence-corrected chi connectivity index (χ2v) is 6.80. The minimum Gasteiger partial charge on any atom is -0.373 e. The van der Waals surface area contributed by atoms with Crippen LogP contribution in [0.4, 0.5) is 5.82 Å². The number of morpholine rings is 1. The quantitative estimate of drug-likeness (QED) is 0.798. The van der Waals surface area contributed by atoms with Gasteiger partial charge in [-0.05, 0) is 18.9 Å². The Hall–Kier alpha value is -1.69. The summed E-state index contributed by atoms with van der Waals surface area (Å²) in [6.07, 6.45) is 1.07. The monoisotopic (exact) mass is 360 g/mol. The van der Waals surface area contributed by atoms with Crippen LogP contribution >= 0.6 is 11.6 Å². The number of aryl methyl sites for hydroxylation is 1. The lowest BCUT2D eigenvalue weighted by molar-refractivity contribution is -0.0403. The first kappa shape index (κ1) is 18.1. The SMILES string of the molecule is CCC(Nc1cc(Cl)nc(C)n1)C1CN(Cc2ccccc2)CCO1. The van der Waals surface area contributed by atoms with Crippen molar-refractivity contribution in [3.63, 3.8) is 0 Å². The van der Waals surface area contributed by atoms with E-state index in [1.165, 1.54) is 5.56 Å². The molecule has 5 nitrogen and oxygen atoms in total. The molecule has 2 heterocycles. The third kappa shape index (κ3) is 5.14. The van der Waals surface area contributed by atoms with E-state index in [4.69, 9.17) is 16.3 Å². The van der Waals surface area contributed by atoms with Crippen LogP contribution in [0, 0.1) is 6.92 Å². The maximum Gasteiger partial charge on any atom is 0.134 e. The van der Waals surface area contributed by atoms with Gasteiger partial charge in [0.2, 0.25) is 0 Å². The number of rotatable bonds is 6. The van der Waals surface area contributed by atoms with E-state index in [1.54, 1.807) is 6.07 Å². The zero-order valence-corrected chi connectivity index (χ0v) is 15.5. The van der Waals surface area contributed by atoms with Crippen LogP contribution in [0.5, 0.6) is 0 Å². The Kier molecular flexibility index (Phi) is 6.24. The lowest BCUT2D eigenvalue weighted by Crippen LogP contribution is -2.49. The van der Waals surface area contributed by atoms with Crippen LogP contribution in [0.3, 0.4) is 0 Å². The highest BCUT2D eigenvalue weighted by molar-refractivity contribution is 6.29. The molecule has 25 heavy (non-hydrogen) atoms. The van der Waals surface area contributed by atoms with Crippen molar-refractivity contribution in [1.29, 1.82) is 0 Å². The average molecular weight is 361 g/mol. The maximum absolute atomic E-state index is 6.05. The number of anilines is 1. The molecule has 2 unspecified atom stereocenters. The minimum atomic E-state index is 0.122. The van der Waals surface area contributed by atoms with Crippen molar-refractivity contribution < 1.29 is 4.74 Å². The highest BCUT2D eigenvalue weighted by atomic mass is 35.5. The van der Waals surface area contributed by atoms with Crippen molar-refractivity contribution in [3.05, 3.63) is 52.9 Å². The van der Waals surface area contributed by atoms with Gasteiger partial charge in [0.1, 0.15) is 16.8 Å². The molecule has 1 aromatic heterocycles. The van der Waals surface area contributed by atoms with Crippen LogP contribution in [0.2, 0.25) is 5.15 Å². The Morgan fingerprint density at radius 3 is 2.84 bits per heavy atom. The summed E-state index contributed by atoms with van der Waals surface area (Å²) in [7, 11) is 0. The number of halogens is 1. The fraction of sp³-hybridized carbons (Fsp3) is 0.474. The smallest absolute Gasteiger partial charge is 0.134 e. The molecule has 0 amide bonds. The van der Waals surface area contributed by atoms with E-state index < -0.39 is 0 Å². The average Bonchev–Trinajstić information content (AvgIpc) is 2.60. The van der Waals surface area contributed by atoms with Crippen molar-refractivity contribution >= 4 is 17.4 Å². The molecule has 0 bridgehead atoms. The van der Waals surface area contributed by atoms with Gasteiger partial charge in [0.25, 0.3) is 0 Å². The predicted octanol–water partition coefficient (Wildman–Crippen LogP) is 3.53. The predicted molar refractivity (Wildman–Crippen MR) is 101 cm³/mol. The van der Waals surface area contributed by atoms with Gasteiger partial charge in [-0.25, -0.2) is 9.97 Å². The molecule has 0 spiro atoms. The Labute approximate surface area is 154 Å². The van der Waals surface area contributed by atoms with Gasteiger partial charge in [-0.15, -0.1) is 0 Å². The van der Waals surface area contributed by atoms with Crippen LogP contribution < -0.4 is 5.32 Å². The molecule has 3 rings (SSSR count). The van der Waals surface area contributed by atoms with Gasteiger partial charge < -0.3 is 10.1 Å². The number of hydrogen-bond acceptors (Lipinski definition) is 5. The third-order valence-electron chi connectivity index (χ3n) is 4.46. The summed E-state index contributed by atoms with van der Waals surface area (Å²) >= 11 is 6.05. The summed E-state index contributed by atoms with van der Waals surface area (Å²) in [5.41, 5.74) is 1.34. The first-order chi connectivity index (χ1) is 12.1. The van der Waals surface area contributed by atoms with Crippen LogP contribution in [-0.4, -0.2) is 46.7 Å². The van der Waals surface area contributed by atoms with Crippen LogP contribution in [-0.2, 0) is 11.3 Å². The standard InChI is InChI=1S/C19H25ClN4O/c1-3-16(23-19-11-18(20)21-14(2)22-19)17-13-24(9-10-25-17)12-15-7-5-4-6-8-15/h4-8,11,16-17H,3,9-10,12-13H2,1-2H3,(H,21,22,23). The zero-order valence-electron chi connectivity index (χ0n) is 14.8. The van der Waals surface area contributed by atoms with E-state index in [0.29, 0.717) is 11.0 Å². The van der Waals surface area contributed by atoms with E-state index in [-0.39, 0.29) is 12.1 Å². The fourth-order valence-electron chi connectivity index (χ4n) is 3.21. The fourth-order valence-corrected chi connectivity index (χ4v) is 3.44. The van der Waals surface area contributed by atoms with Gasteiger partial charge in [0, 0.05) is 25.7 Å². The normalized spacial score (nSPS) is 19.6. The molecule has 1 aliphatic heterocycles. The summed E-state index contributed by atoms with van der Waals surface area (Å²) in [5.74, 6) is 1.42. The summed E-state index contributed by atoms with van der Waals surface area (Å²) < 4.78 is 6.05. The second-order valence-electron chi connectivity index (χ2n) is 6.41. The van der Waals surface area contributed by atoms with E-state index in [0.717, 1.165) is 38.5 Å². The zero-order chi connectivity index (χ0) is 17.6. The highest BCUT2D eigenvalue weighted by Gasteiger charge is 2.27. The molecule has 1 saturated heterocycles. The second kappa shape index (κ2) is 8.61. The maximum atomic E-state index is 6.05. The van der Waals surface area contributed by atoms with Crippen molar-refractivity contribution in [2.75, 3.05) is 25.0 Å². The molecule has 1 aromatic carbocycles. The molecule has 0 saturated carbocycles. The number of hydrogen-bond donors (Lipinski definition) is 1. The lowest BCUT2D eigenvalue weighted by Gasteiger charge is -2.37. The molecule has 1 N–H and O–H groups in total. The van der Waals surface area contributed by atoms with E-state index >= 15 is 0 Å². The van der Waals surface area contributed by atoms with Gasteiger partial charge in [0.15, 0.2) is 0 Å². The molecule has 2 atom stereocenters. The van der Waals surface area contributed by atoms with Gasteiger partial charge in [-0.3, -0.25) is 4.90 Å². The number of nitrogens with zero attached hydrogens (tertiary/aromatic N) is 3. The molecule has 6 heteroatoms. The summed E-state index contributed by atoms with van der Waals surface area (Å²) in [6, 6.07) is 12.5. The highest BCUT2D eigenvalue weighted by Crippen LogP contribution is 2.19. The van der Waals surface area contributed by atoms with Crippen molar-refractivity contribution in [1.82, 2.24) is 14.9 Å².